The topological polar surface area (TPSA) is 0 Å². The van der Waals surface area contributed by atoms with Gasteiger partial charge in [0.1, 0.15) is 0 Å². The summed E-state index contributed by atoms with van der Waals surface area (Å²) in [5.41, 5.74) is 0. The zero-order valence-corrected chi connectivity index (χ0v) is 3.87. The molecule has 0 nitrogen and oxygen atoms in total. The zero-order valence-electron chi connectivity index (χ0n) is 2.69. The number of hydrogen-bond donors (Lipinski definition) is 0. The summed E-state index contributed by atoms with van der Waals surface area (Å²) < 4.78 is 0. The summed E-state index contributed by atoms with van der Waals surface area (Å²) in [4.78, 5) is 0. The molecule has 0 N–H and O–H groups in total. The third-order valence-electron chi connectivity index (χ3n) is 0.111. The molecule has 1 radical (unpaired) electrons. The van der Waals surface area contributed by atoms with Gasteiger partial charge in [-0.3, -0.25) is 0 Å². The van der Waals surface area contributed by atoms with E-state index in [0.29, 0.717) is 0 Å². The molecule has 0 aromatic heterocycles. The summed E-state index contributed by atoms with van der Waals surface area (Å²) in [7, 11) is 0. The summed E-state index contributed by atoms with van der Waals surface area (Å²) in [5, 5.41) is 0. The van der Waals surface area contributed by atoms with Gasteiger partial charge in [-0.2, -0.15) is 0 Å². The van der Waals surface area contributed by atoms with E-state index >= 15 is 0 Å². The van der Waals surface area contributed by atoms with E-state index in [4.69, 9.17) is 13.2 Å². The van der Waals surface area contributed by atoms with Gasteiger partial charge in [-0.1, -0.05) is 0 Å². The molecule has 0 heterocycles. The minimum Gasteiger partial charge on any atom is -0.394 e. The zero-order chi connectivity index (χ0) is 3.41. The Labute approximate surface area is 43.1 Å². The normalized spacial score (nSPS) is 4.00. The molecule has 0 fully saturated rings. The molecule has 0 bridgehead atoms. The average Bonchev–Trinajstić information content (AvgIpc) is 1.37. The largest absolute Gasteiger partial charge is 2.00 e. The van der Waals surface area contributed by atoms with E-state index in [1.807, 2.05) is 0 Å². The fourth-order valence-corrected chi connectivity index (χ4v) is 0. The maximum Gasteiger partial charge on any atom is 2.00 e. The van der Waals surface area contributed by atoms with Crippen LogP contribution in [-0.2, 0) is 17.1 Å². The molecule has 0 aromatic carbocycles. The van der Waals surface area contributed by atoms with Gasteiger partial charge in [0.15, 0.2) is 0 Å². The quantitative estimate of drug-likeness (QED) is 0.266. The van der Waals surface area contributed by atoms with Crippen molar-refractivity contribution in [1.82, 2.24) is 0 Å². The van der Waals surface area contributed by atoms with Crippen LogP contribution < -0.4 is 0 Å². The molecular formula is C4H4Mn. The summed E-state index contributed by atoms with van der Waals surface area (Å²) in [6.07, 6.45) is 2.56. The van der Waals surface area contributed by atoms with E-state index in [0.717, 1.165) is 0 Å². The molecule has 27 valence electrons. The van der Waals surface area contributed by atoms with Gasteiger partial charge >= 0.3 is 17.1 Å². The predicted octanol–water partition coefficient (Wildman–Crippen LogP) is 0.962. The van der Waals surface area contributed by atoms with Crippen molar-refractivity contribution in [2.45, 2.75) is 0 Å². The SMILES string of the molecule is [CH-]=CC=[CH-].[Mn+2]. The average molecular weight is 107 g/mol. The first-order valence-electron chi connectivity index (χ1n) is 1.00. The van der Waals surface area contributed by atoms with Gasteiger partial charge in [0, 0.05) is 0 Å². The van der Waals surface area contributed by atoms with Gasteiger partial charge in [0.25, 0.3) is 0 Å². The minimum atomic E-state index is 0. The van der Waals surface area contributed by atoms with Crippen molar-refractivity contribution in [1.29, 1.82) is 0 Å². The van der Waals surface area contributed by atoms with E-state index in [9.17, 15) is 0 Å². The molecule has 5 heavy (non-hydrogen) atoms. The third-order valence-corrected chi connectivity index (χ3v) is 0.111. The molecule has 0 saturated heterocycles. The fraction of sp³-hybridized carbons (Fsp3) is 0. The number of rotatable bonds is 1. The fourth-order valence-electron chi connectivity index (χ4n) is 0. The summed E-state index contributed by atoms with van der Waals surface area (Å²) in [6.45, 7) is 9.44. The molecule has 0 unspecified atom stereocenters. The molecule has 0 amide bonds. The Bertz CT molecular complexity index is 24.6. The van der Waals surface area contributed by atoms with Crippen LogP contribution in [0.15, 0.2) is 12.2 Å². The Morgan fingerprint density at radius 2 is 1.20 bits per heavy atom. The van der Waals surface area contributed by atoms with Gasteiger partial charge in [-0.25, -0.2) is 0 Å². The molecule has 0 atom stereocenters. The van der Waals surface area contributed by atoms with Gasteiger partial charge in [0.2, 0.25) is 0 Å². The molecule has 0 aliphatic heterocycles. The van der Waals surface area contributed by atoms with Crippen LogP contribution in [0.2, 0.25) is 0 Å². The van der Waals surface area contributed by atoms with E-state index in [1.165, 1.54) is 12.2 Å². The first-order valence-corrected chi connectivity index (χ1v) is 1.00. The van der Waals surface area contributed by atoms with Crippen molar-refractivity contribution >= 4 is 0 Å². The summed E-state index contributed by atoms with van der Waals surface area (Å²) in [5.74, 6) is 0. The van der Waals surface area contributed by atoms with E-state index in [-0.39, 0.29) is 17.1 Å². The maximum atomic E-state index is 4.72. The molecular weight excluding hydrogens is 103 g/mol. The van der Waals surface area contributed by atoms with Crippen LogP contribution in [0.1, 0.15) is 0 Å². The summed E-state index contributed by atoms with van der Waals surface area (Å²) >= 11 is 0. The Hall–Kier alpha value is -0.000519. The second-order valence-electron chi connectivity index (χ2n) is 0.385. The first-order chi connectivity index (χ1) is 1.91. The predicted molar refractivity (Wildman–Crippen MR) is 17.7 cm³/mol. The number of allylic oxidation sites excluding steroid dienone is 2. The van der Waals surface area contributed by atoms with Crippen molar-refractivity contribution in [2.75, 3.05) is 0 Å². The monoisotopic (exact) mass is 107 g/mol. The van der Waals surface area contributed by atoms with Gasteiger partial charge in [-0.05, 0) is 0 Å². The van der Waals surface area contributed by atoms with Gasteiger partial charge in [0.05, 0.1) is 0 Å². The summed E-state index contributed by atoms with van der Waals surface area (Å²) in [6, 6.07) is 0. The van der Waals surface area contributed by atoms with Crippen LogP contribution in [0.5, 0.6) is 0 Å². The van der Waals surface area contributed by atoms with Crippen molar-refractivity contribution in [2.24, 2.45) is 0 Å². The number of hydrogen-bond acceptors (Lipinski definition) is 0. The standard InChI is InChI=1S/C4H4.Mn/c1-3-4-2;/h1-4H;/q-2;+2. The molecule has 0 spiro atoms. The Morgan fingerprint density at radius 3 is 1.20 bits per heavy atom. The second kappa shape index (κ2) is 9.00. The van der Waals surface area contributed by atoms with Crippen LogP contribution in [-0.4, -0.2) is 0 Å². The van der Waals surface area contributed by atoms with Crippen LogP contribution in [0.3, 0.4) is 0 Å². The van der Waals surface area contributed by atoms with E-state index < -0.39 is 0 Å². The van der Waals surface area contributed by atoms with Crippen molar-refractivity contribution < 1.29 is 17.1 Å². The second-order valence-corrected chi connectivity index (χ2v) is 0.385. The Kier molecular flexibility index (Phi) is 16.0. The van der Waals surface area contributed by atoms with Crippen LogP contribution >= 0.6 is 0 Å². The first kappa shape index (κ1) is 8.89. The van der Waals surface area contributed by atoms with Crippen molar-refractivity contribution in [3.8, 4) is 0 Å². The molecule has 1 heteroatoms. The minimum absolute atomic E-state index is 0. The van der Waals surface area contributed by atoms with E-state index in [2.05, 4.69) is 0 Å². The molecule has 0 saturated carbocycles. The Morgan fingerprint density at radius 1 is 1.00 bits per heavy atom. The van der Waals surface area contributed by atoms with Gasteiger partial charge in [-0.15, -0.1) is 0 Å². The Balaban J connectivity index is 0. The molecule has 0 aliphatic rings. The van der Waals surface area contributed by atoms with Crippen molar-refractivity contribution in [3.63, 3.8) is 0 Å². The van der Waals surface area contributed by atoms with Crippen LogP contribution in [0, 0.1) is 13.2 Å². The molecule has 0 aromatic rings. The van der Waals surface area contributed by atoms with E-state index in [1.54, 1.807) is 0 Å². The maximum absolute atomic E-state index is 4.72. The van der Waals surface area contributed by atoms with Crippen LogP contribution in [0.25, 0.3) is 0 Å². The van der Waals surface area contributed by atoms with Crippen LogP contribution in [0.4, 0.5) is 0 Å². The third kappa shape index (κ3) is 16.0. The van der Waals surface area contributed by atoms with Crippen molar-refractivity contribution in [3.05, 3.63) is 25.3 Å². The van der Waals surface area contributed by atoms with Gasteiger partial charge < -0.3 is 25.3 Å². The molecule has 0 rings (SSSR count). The smallest absolute Gasteiger partial charge is 0.394 e. The molecule has 0 aliphatic carbocycles.